The van der Waals surface area contributed by atoms with Crippen LogP contribution in [0.5, 0.6) is 5.75 Å². The van der Waals surface area contributed by atoms with E-state index in [1.807, 2.05) is 30.3 Å². The lowest BCUT2D eigenvalue weighted by Gasteiger charge is -2.01. The number of carbonyl (C=O) groups is 1. The molecule has 3 rings (SSSR count). The van der Waals surface area contributed by atoms with Crippen molar-refractivity contribution >= 4 is 5.97 Å². The van der Waals surface area contributed by atoms with E-state index < -0.39 is 5.97 Å². The minimum atomic E-state index is -0.971. The lowest BCUT2D eigenvalue weighted by molar-refractivity contribution is -0.137. The molecule has 7 nitrogen and oxygen atoms in total. The molecule has 122 valence electrons. The van der Waals surface area contributed by atoms with Gasteiger partial charge in [0.05, 0.1) is 7.11 Å². The number of rotatable bonds is 6. The van der Waals surface area contributed by atoms with Crippen LogP contribution in [0.3, 0.4) is 0 Å². The highest BCUT2D eigenvalue weighted by atomic mass is 16.5. The largest absolute Gasteiger partial charge is 0.497 e. The van der Waals surface area contributed by atoms with E-state index in [2.05, 4.69) is 15.1 Å². The summed E-state index contributed by atoms with van der Waals surface area (Å²) in [6.07, 6.45) is 3.79. The van der Waals surface area contributed by atoms with Crippen molar-refractivity contribution in [2.24, 2.45) is 0 Å². The maximum absolute atomic E-state index is 11.1. The van der Waals surface area contributed by atoms with E-state index in [1.165, 1.54) is 4.68 Å². The maximum atomic E-state index is 11.1. The quantitative estimate of drug-likeness (QED) is 0.746. The number of aromatic nitrogens is 4. The van der Waals surface area contributed by atoms with Gasteiger partial charge in [0.15, 0.2) is 11.6 Å². The van der Waals surface area contributed by atoms with Gasteiger partial charge < -0.3 is 9.84 Å². The van der Waals surface area contributed by atoms with Crippen molar-refractivity contribution in [2.75, 3.05) is 7.11 Å². The van der Waals surface area contributed by atoms with Crippen molar-refractivity contribution in [1.82, 2.24) is 19.7 Å². The van der Waals surface area contributed by atoms with Crippen LogP contribution < -0.4 is 4.74 Å². The van der Waals surface area contributed by atoms with Gasteiger partial charge in [-0.25, -0.2) is 9.67 Å². The summed E-state index contributed by atoms with van der Waals surface area (Å²) in [6.45, 7) is -0.250. The zero-order chi connectivity index (χ0) is 16.9. The summed E-state index contributed by atoms with van der Waals surface area (Å²) in [4.78, 5) is 19.6. The number of hydrogen-bond donors (Lipinski definition) is 1. The van der Waals surface area contributed by atoms with E-state index in [0.29, 0.717) is 18.1 Å². The first-order chi connectivity index (χ1) is 11.7. The van der Waals surface area contributed by atoms with Gasteiger partial charge in [0.25, 0.3) is 0 Å². The predicted molar refractivity (Wildman–Crippen MR) is 86.7 cm³/mol. The highest BCUT2D eigenvalue weighted by Gasteiger charge is 2.14. The first-order valence-corrected chi connectivity index (χ1v) is 7.34. The molecule has 0 fully saturated rings. The predicted octanol–water partition coefficient (Wildman–Crippen LogP) is 2.02. The first kappa shape index (κ1) is 15.7. The van der Waals surface area contributed by atoms with Crippen LogP contribution in [0.25, 0.3) is 11.4 Å². The van der Waals surface area contributed by atoms with Gasteiger partial charge in [-0.1, -0.05) is 12.1 Å². The van der Waals surface area contributed by atoms with Gasteiger partial charge in [-0.3, -0.25) is 9.78 Å². The number of nitrogens with zero attached hydrogens (tertiary/aromatic N) is 4. The zero-order valence-corrected chi connectivity index (χ0v) is 13.1. The van der Waals surface area contributed by atoms with E-state index in [4.69, 9.17) is 9.84 Å². The Morgan fingerprint density at radius 3 is 2.67 bits per heavy atom. The average molecular weight is 324 g/mol. The summed E-state index contributed by atoms with van der Waals surface area (Å²) in [5, 5.41) is 13.4. The summed E-state index contributed by atoms with van der Waals surface area (Å²) in [7, 11) is 1.62. The summed E-state index contributed by atoms with van der Waals surface area (Å²) in [5.41, 5.74) is 1.74. The fourth-order valence-corrected chi connectivity index (χ4v) is 2.34. The second-order valence-corrected chi connectivity index (χ2v) is 5.17. The van der Waals surface area contributed by atoms with Crippen LogP contribution in [0.4, 0.5) is 0 Å². The highest BCUT2D eigenvalue weighted by Crippen LogP contribution is 2.18. The smallest absolute Gasteiger partial charge is 0.325 e. The molecule has 1 aromatic carbocycles. The third kappa shape index (κ3) is 3.57. The fraction of sp³-hybridized carbons (Fsp3) is 0.176. The number of pyridine rings is 1. The van der Waals surface area contributed by atoms with Crippen LogP contribution in [-0.2, 0) is 17.8 Å². The van der Waals surface area contributed by atoms with E-state index in [1.54, 1.807) is 25.6 Å². The summed E-state index contributed by atoms with van der Waals surface area (Å²) in [5.74, 6) is 0.856. The topological polar surface area (TPSA) is 90.1 Å². The minimum Gasteiger partial charge on any atom is -0.497 e. The van der Waals surface area contributed by atoms with E-state index >= 15 is 0 Å². The normalized spacial score (nSPS) is 10.5. The number of carboxylic acid groups (broad SMARTS) is 1. The molecule has 0 aliphatic rings. The molecule has 24 heavy (non-hydrogen) atoms. The van der Waals surface area contributed by atoms with E-state index in [-0.39, 0.29) is 6.54 Å². The Kier molecular flexibility index (Phi) is 4.51. The number of ether oxygens (including phenoxy) is 1. The van der Waals surface area contributed by atoms with E-state index in [0.717, 1.165) is 16.9 Å². The minimum absolute atomic E-state index is 0.250. The number of carboxylic acids is 1. The number of benzene rings is 1. The third-order valence-corrected chi connectivity index (χ3v) is 3.44. The molecule has 0 amide bonds. The van der Waals surface area contributed by atoms with Crippen LogP contribution in [0.15, 0.2) is 48.8 Å². The standard InChI is InChI=1S/C17H16N4O3/c1-24-14-6-4-12(5-7-14)9-15-19-17(13-3-2-8-18-10-13)21(20-15)11-16(22)23/h2-8,10H,9,11H2,1H3,(H,22,23). The molecule has 7 heteroatoms. The van der Waals surface area contributed by atoms with Gasteiger partial charge >= 0.3 is 5.97 Å². The fourth-order valence-electron chi connectivity index (χ4n) is 2.34. The monoisotopic (exact) mass is 324 g/mol. The van der Waals surface area contributed by atoms with Crippen LogP contribution >= 0.6 is 0 Å². The molecule has 0 saturated carbocycles. The van der Waals surface area contributed by atoms with Crippen LogP contribution in [0.1, 0.15) is 11.4 Å². The number of hydrogen-bond acceptors (Lipinski definition) is 5. The molecule has 0 radical (unpaired) electrons. The summed E-state index contributed by atoms with van der Waals surface area (Å²) >= 11 is 0. The Bertz CT molecular complexity index is 829. The van der Waals surface area contributed by atoms with Crippen LogP contribution in [0.2, 0.25) is 0 Å². The van der Waals surface area contributed by atoms with Crippen molar-refractivity contribution < 1.29 is 14.6 Å². The highest BCUT2D eigenvalue weighted by molar-refractivity contribution is 5.67. The second kappa shape index (κ2) is 6.91. The molecule has 0 aliphatic heterocycles. The van der Waals surface area contributed by atoms with E-state index in [9.17, 15) is 4.79 Å². The lowest BCUT2D eigenvalue weighted by Crippen LogP contribution is -2.11. The van der Waals surface area contributed by atoms with Gasteiger partial charge in [0.2, 0.25) is 0 Å². The molecule has 3 aromatic rings. The zero-order valence-electron chi connectivity index (χ0n) is 13.1. The van der Waals surface area contributed by atoms with Crippen molar-refractivity contribution in [3.63, 3.8) is 0 Å². The summed E-state index contributed by atoms with van der Waals surface area (Å²) in [6, 6.07) is 11.2. The Hall–Kier alpha value is -3.22. The molecule has 2 heterocycles. The van der Waals surface area contributed by atoms with Gasteiger partial charge in [0.1, 0.15) is 12.3 Å². The summed E-state index contributed by atoms with van der Waals surface area (Å²) < 4.78 is 6.52. The molecule has 0 spiro atoms. The Morgan fingerprint density at radius 1 is 1.25 bits per heavy atom. The molecule has 1 N–H and O–H groups in total. The maximum Gasteiger partial charge on any atom is 0.325 e. The van der Waals surface area contributed by atoms with Gasteiger partial charge in [-0.05, 0) is 29.8 Å². The molecule has 0 unspecified atom stereocenters. The average Bonchev–Trinajstić information content (AvgIpc) is 2.98. The Morgan fingerprint density at radius 2 is 2.04 bits per heavy atom. The van der Waals surface area contributed by atoms with Gasteiger partial charge in [-0.2, -0.15) is 5.10 Å². The van der Waals surface area contributed by atoms with Crippen LogP contribution in [0, 0.1) is 0 Å². The third-order valence-electron chi connectivity index (χ3n) is 3.44. The van der Waals surface area contributed by atoms with Gasteiger partial charge in [0, 0.05) is 24.4 Å². The van der Waals surface area contributed by atoms with Crippen molar-refractivity contribution in [1.29, 1.82) is 0 Å². The molecule has 0 atom stereocenters. The molecule has 0 bridgehead atoms. The molecular weight excluding hydrogens is 308 g/mol. The van der Waals surface area contributed by atoms with Crippen LogP contribution in [-0.4, -0.2) is 37.9 Å². The Labute approximate surface area is 138 Å². The SMILES string of the molecule is COc1ccc(Cc2nc(-c3cccnc3)n(CC(=O)O)n2)cc1. The van der Waals surface area contributed by atoms with Gasteiger partial charge in [-0.15, -0.1) is 0 Å². The lowest BCUT2D eigenvalue weighted by atomic mass is 10.1. The number of methoxy groups -OCH3 is 1. The molecule has 2 aromatic heterocycles. The molecular formula is C17H16N4O3. The molecule has 0 aliphatic carbocycles. The van der Waals surface area contributed by atoms with Crippen molar-refractivity contribution in [3.05, 3.63) is 60.2 Å². The number of aliphatic carboxylic acids is 1. The van der Waals surface area contributed by atoms with Crippen molar-refractivity contribution in [3.8, 4) is 17.1 Å². The molecule has 0 saturated heterocycles. The first-order valence-electron chi connectivity index (χ1n) is 7.34. The Balaban J connectivity index is 1.90. The van der Waals surface area contributed by atoms with Crippen molar-refractivity contribution in [2.45, 2.75) is 13.0 Å². The second-order valence-electron chi connectivity index (χ2n) is 5.17.